The van der Waals surface area contributed by atoms with Crippen LogP contribution in [-0.4, -0.2) is 34.2 Å². The molecule has 0 aliphatic carbocycles. The molecule has 0 fully saturated rings. The van der Waals surface area contributed by atoms with Crippen LogP contribution in [0.1, 0.15) is 17.0 Å². The van der Waals surface area contributed by atoms with E-state index in [1.165, 1.54) is 6.07 Å². The second-order valence-corrected chi connectivity index (χ2v) is 5.47. The fourth-order valence-electron chi connectivity index (χ4n) is 2.37. The summed E-state index contributed by atoms with van der Waals surface area (Å²) in [6.07, 6.45) is 0. The van der Waals surface area contributed by atoms with Gasteiger partial charge in [-0.15, -0.1) is 0 Å². The van der Waals surface area contributed by atoms with E-state index in [0.29, 0.717) is 6.54 Å². The summed E-state index contributed by atoms with van der Waals surface area (Å²) in [6.45, 7) is 4.76. The molecular weight excluding hydrogens is 283 g/mol. The Kier molecular flexibility index (Phi) is 4.92. The molecule has 0 saturated carbocycles. The van der Waals surface area contributed by atoms with Crippen molar-refractivity contribution >= 4 is 11.6 Å². The number of hydrogen-bond acceptors (Lipinski definition) is 3. The van der Waals surface area contributed by atoms with Crippen molar-refractivity contribution in [2.45, 2.75) is 20.4 Å². The van der Waals surface area contributed by atoms with Gasteiger partial charge in [0.25, 0.3) is 0 Å². The number of likely N-dealkylation sites (N-methyl/N-ethyl adjacent to an activating group) is 1. The summed E-state index contributed by atoms with van der Waals surface area (Å²) in [7, 11) is 3.75. The SMILES string of the molecule is Cc1nn(C)c(C)c1CN(C)CC(=O)Nc1ccccc1F. The number of amides is 1. The molecule has 118 valence electrons. The van der Waals surface area contributed by atoms with Gasteiger partial charge < -0.3 is 5.32 Å². The molecule has 1 aromatic heterocycles. The van der Waals surface area contributed by atoms with Crippen LogP contribution in [0.3, 0.4) is 0 Å². The molecule has 0 aliphatic rings. The third-order valence-corrected chi connectivity index (χ3v) is 3.65. The number of carbonyl (C=O) groups is 1. The second-order valence-electron chi connectivity index (χ2n) is 5.47. The van der Waals surface area contributed by atoms with Crippen LogP contribution in [0.25, 0.3) is 0 Å². The number of nitrogens with zero attached hydrogens (tertiary/aromatic N) is 3. The molecule has 1 heterocycles. The molecular formula is C16H21FN4O. The summed E-state index contributed by atoms with van der Waals surface area (Å²) in [4.78, 5) is 13.9. The minimum Gasteiger partial charge on any atom is -0.322 e. The third kappa shape index (κ3) is 3.71. The summed E-state index contributed by atoms with van der Waals surface area (Å²) in [6, 6.07) is 6.14. The van der Waals surface area contributed by atoms with E-state index in [-0.39, 0.29) is 18.1 Å². The molecule has 0 aliphatic heterocycles. The zero-order valence-corrected chi connectivity index (χ0v) is 13.4. The van der Waals surface area contributed by atoms with E-state index >= 15 is 0 Å². The lowest BCUT2D eigenvalue weighted by atomic mass is 10.2. The Balaban J connectivity index is 1.96. The molecule has 0 bridgehead atoms. The zero-order valence-electron chi connectivity index (χ0n) is 13.4. The Morgan fingerprint density at radius 3 is 2.64 bits per heavy atom. The predicted octanol–water partition coefficient (Wildman–Crippen LogP) is 2.25. The summed E-state index contributed by atoms with van der Waals surface area (Å²) in [5.41, 5.74) is 3.36. The summed E-state index contributed by atoms with van der Waals surface area (Å²) in [5, 5.41) is 6.95. The first-order chi connectivity index (χ1) is 10.4. The van der Waals surface area contributed by atoms with Crippen molar-refractivity contribution in [2.24, 2.45) is 7.05 Å². The van der Waals surface area contributed by atoms with Crippen molar-refractivity contribution in [1.82, 2.24) is 14.7 Å². The normalized spacial score (nSPS) is 11.0. The molecule has 5 nitrogen and oxygen atoms in total. The number of carbonyl (C=O) groups excluding carboxylic acids is 1. The number of hydrogen-bond donors (Lipinski definition) is 1. The topological polar surface area (TPSA) is 50.2 Å². The lowest BCUT2D eigenvalue weighted by Gasteiger charge is -2.16. The summed E-state index contributed by atoms with van der Waals surface area (Å²) in [5.74, 6) is -0.677. The lowest BCUT2D eigenvalue weighted by molar-refractivity contribution is -0.117. The van der Waals surface area contributed by atoms with Gasteiger partial charge in [-0.2, -0.15) is 5.10 Å². The first-order valence-corrected chi connectivity index (χ1v) is 7.10. The van der Waals surface area contributed by atoms with Crippen LogP contribution in [0.5, 0.6) is 0 Å². The minimum absolute atomic E-state index is 0.183. The van der Waals surface area contributed by atoms with E-state index in [4.69, 9.17) is 0 Å². The highest BCUT2D eigenvalue weighted by atomic mass is 19.1. The van der Waals surface area contributed by atoms with Crippen LogP contribution in [0, 0.1) is 19.7 Å². The van der Waals surface area contributed by atoms with Crippen LogP contribution in [0.4, 0.5) is 10.1 Å². The molecule has 0 radical (unpaired) electrons. The average molecular weight is 304 g/mol. The van der Waals surface area contributed by atoms with E-state index in [1.54, 1.807) is 18.2 Å². The smallest absolute Gasteiger partial charge is 0.238 e. The number of aryl methyl sites for hydroxylation is 2. The third-order valence-electron chi connectivity index (χ3n) is 3.65. The highest BCUT2D eigenvalue weighted by Crippen LogP contribution is 2.15. The molecule has 1 amide bonds. The zero-order chi connectivity index (χ0) is 16.3. The van der Waals surface area contributed by atoms with Gasteiger partial charge in [-0.3, -0.25) is 14.4 Å². The Morgan fingerprint density at radius 2 is 2.05 bits per heavy atom. The number of para-hydroxylation sites is 1. The standard InChI is InChI=1S/C16H21FN4O/c1-11-13(12(2)21(4)19-11)9-20(3)10-16(22)18-15-8-6-5-7-14(15)17/h5-8H,9-10H2,1-4H3,(H,18,22). The van der Waals surface area contributed by atoms with Crippen molar-refractivity contribution in [1.29, 1.82) is 0 Å². The van der Waals surface area contributed by atoms with Crippen LogP contribution in [-0.2, 0) is 18.4 Å². The average Bonchev–Trinajstić information content (AvgIpc) is 2.68. The number of anilines is 1. The van der Waals surface area contributed by atoms with E-state index in [0.717, 1.165) is 17.0 Å². The van der Waals surface area contributed by atoms with Crippen molar-refractivity contribution in [2.75, 3.05) is 18.9 Å². The Labute approximate surface area is 129 Å². The van der Waals surface area contributed by atoms with Crippen LogP contribution in [0.15, 0.2) is 24.3 Å². The quantitative estimate of drug-likeness (QED) is 0.921. The molecule has 1 aromatic carbocycles. The maximum absolute atomic E-state index is 13.5. The van der Waals surface area contributed by atoms with Crippen LogP contribution in [0.2, 0.25) is 0 Å². The molecule has 0 atom stereocenters. The van der Waals surface area contributed by atoms with Gasteiger partial charge in [0, 0.05) is 24.8 Å². The van der Waals surface area contributed by atoms with Crippen molar-refractivity contribution in [3.63, 3.8) is 0 Å². The van der Waals surface area contributed by atoms with Gasteiger partial charge in [0.15, 0.2) is 0 Å². The monoisotopic (exact) mass is 304 g/mol. The second kappa shape index (κ2) is 6.70. The Morgan fingerprint density at radius 1 is 1.36 bits per heavy atom. The fourth-order valence-corrected chi connectivity index (χ4v) is 2.37. The molecule has 0 unspecified atom stereocenters. The van der Waals surface area contributed by atoms with E-state index in [9.17, 15) is 9.18 Å². The molecule has 0 saturated heterocycles. The van der Waals surface area contributed by atoms with Crippen LogP contribution >= 0.6 is 0 Å². The van der Waals surface area contributed by atoms with Crippen molar-refractivity contribution in [3.8, 4) is 0 Å². The van der Waals surface area contributed by atoms with E-state index < -0.39 is 5.82 Å². The van der Waals surface area contributed by atoms with Gasteiger partial charge in [0.05, 0.1) is 17.9 Å². The maximum atomic E-state index is 13.5. The number of halogens is 1. The predicted molar refractivity (Wildman–Crippen MR) is 84.0 cm³/mol. The number of benzene rings is 1. The number of nitrogens with one attached hydrogen (secondary N) is 1. The number of rotatable bonds is 5. The lowest BCUT2D eigenvalue weighted by Crippen LogP contribution is -2.30. The molecule has 0 spiro atoms. The minimum atomic E-state index is -0.433. The molecule has 22 heavy (non-hydrogen) atoms. The van der Waals surface area contributed by atoms with Gasteiger partial charge in [0.1, 0.15) is 5.82 Å². The molecule has 1 N–H and O–H groups in total. The van der Waals surface area contributed by atoms with E-state index in [2.05, 4.69) is 10.4 Å². The first-order valence-electron chi connectivity index (χ1n) is 7.10. The molecule has 2 rings (SSSR count). The summed E-state index contributed by atoms with van der Waals surface area (Å²) < 4.78 is 15.3. The van der Waals surface area contributed by atoms with Crippen LogP contribution < -0.4 is 5.32 Å². The Hall–Kier alpha value is -2.21. The van der Waals surface area contributed by atoms with Gasteiger partial charge >= 0.3 is 0 Å². The van der Waals surface area contributed by atoms with Gasteiger partial charge in [-0.1, -0.05) is 12.1 Å². The largest absolute Gasteiger partial charge is 0.322 e. The van der Waals surface area contributed by atoms with Gasteiger partial charge in [-0.25, -0.2) is 4.39 Å². The highest BCUT2D eigenvalue weighted by Gasteiger charge is 2.14. The number of aromatic nitrogens is 2. The van der Waals surface area contributed by atoms with Gasteiger partial charge in [-0.05, 0) is 33.0 Å². The Bertz CT molecular complexity index is 681. The van der Waals surface area contributed by atoms with E-state index in [1.807, 2.05) is 37.5 Å². The molecule has 6 heteroatoms. The van der Waals surface area contributed by atoms with Gasteiger partial charge in [0.2, 0.25) is 5.91 Å². The van der Waals surface area contributed by atoms with Crippen molar-refractivity contribution < 1.29 is 9.18 Å². The highest BCUT2D eigenvalue weighted by molar-refractivity contribution is 5.92. The molecule has 2 aromatic rings. The first kappa shape index (κ1) is 16.2. The summed E-state index contributed by atoms with van der Waals surface area (Å²) >= 11 is 0. The maximum Gasteiger partial charge on any atom is 0.238 e. The fraction of sp³-hybridized carbons (Fsp3) is 0.375. The van der Waals surface area contributed by atoms with Crippen molar-refractivity contribution in [3.05, 3.63) is 47.0 Å².